The molecule has 0 aromatic heterocycles. The van der Waals surface area contributed by atoms with Crippen molar-refractivity contribution in [2.75, 3.05) is 30.7 Å². The molecule has 0 bridgehead atoms. The Morgan fingerprint density at radius 3 is 2.50 bits per heavy atom. The van der Waals surface area contributed by atoms with Crippen molar-refractivity contribution in [3.05, 3.63) is 24.3 Å². The molecule has 4 nitrogen and oxygen atoms in total. The molecule has 1 saturated heterocycles. The van der Waals surface area contributed by atoms with Crippen molar-refractivity contribution in [1.29, 1.82) is 0 Å². The van der Waals surface area contributed by atoms with Crippen LogP contribution in [0.25, 0.3) is 0 Å². The van der Waals surface area contributed by atoms with E-state index in [-0.39, 0.29) is 5.91 Å². The van der Waals surface area contributed by atoms with Crippen molar-refractivity contribution in [2.45, 2.75) is 25.7 Å². The van der Waals surface area contributed by atoms with Gasteiger partial charge in [0.05, 0.1) is 0 Å². The van der Waals surface area contributed by atoms with Crippen molar-refractivity contribution >= 4 is 17.3 Å². The van der Waals surface area contributed by atoms with Crippen LogP contribution in [0.15, 0.2) is 24.3 Å². The summed E-state index contributed by atoms with van der Waals surface area (Å²) in [6.45, 7) is 3.13. The third kappa shape index (κ3) is 4.04. The Morgan fingerprint density at radius 1 is 1.17 bits per heavy atom. The summed E-state index contributed by atoms with van der Waals surface area (Å²) in [6.07, 6.45) is 4.41. The monoisotopic (exact) mass is 247 g/mol. The first-order valence-electron chi connectivity index (χ1n) is 6.62. The first kappa shape index (κ1) is 12.9. The van der Waals surface area contributed by atoms with E-state index in [0.717, 1.165) is 25.3 Å². The topological polar surface area (TPSA) is 58.4 Å². The quantitative estimate of drug-likeness (QED) is 0.801. The van der Waals surface area contributed by atoms with Crippen molar-refractivity contribution in [2.24, 2.45) is 0 Å². The summed E-state index contributed by atoms with van der Waals surface area (Å²) in [6, 6.07) is 7.24. The molecule has 4 heteroatoms. The molecule has 2 rings (SSSR count). The number of anilines is 2. The second-order valence-electron chi connectivity index (χ2n) is 4.82. The Balaban J connectivity index is 1.73. The van der Waals surface area contributed by atoms with E-state index < -0.39 is 0 Å². The molecular formula is C14H21N3O. The average molecular weight is 247 g/mol. The number of piperidine rings is 1. The van der Waals surface area contributed by atoms with Crippen LogP contribution in [0.1, 0.15) is 25.7 Å². The molecule has 0 saturated carbocycles. The van der Waals surface area contributed by atoms with Gasteiger partial charge in [-0.3, -0.25) is 4.79 Å². The van der Waals surface area contributed by atoms with Gasteiger partial charge in [-0.25, -0.2) is 0 Å². The third-order valence-corrected chi connectivity index (χ3v) is 3.30. The molecular weight excluding hydrogens is 226 g/mol. The smallest absolute Gasteiger partial charge is 0.225 e. The second-order valence-corrected chi connectivity index (χ2v) is 4.82. The molecule has 18 heavy (non-hydrogen) atoms. The molecule has 1 aromatic carbocycles. The van der Waals surface area contributed by atoms with E-state index in [9.17, 15) is 4.79 Å². The van der Waals surface area contributed by atoms with Crippen molar-refractivity contribution in [1.82, 2.24) is 4.90 Å². The van der Waals surface area contributed by atoms with Gasteiger partial charge in [0.2, 0.25) is 5.91 Å². The number of carbonyl (C=O) groups is 1. The van der Waals surface area contributed by atoms with E-state index in [1.165, 1.54) is 19.3 Å². The number of nitrogen functional groups attached to an aromatic ring is 1. The normalized spacial score (nSPS) is 16.4. The Kier molecular flexibility index (Phi) is 4.59. The van der Waals surface area contributed by atoms with Gasteiger partial charge in [0, 0.05) is 24.3 Å². The van der Waals surface area contributed by atoms with Crippen molar-refractivity contribution in [3.63, 3.8) is 0 Å². The lowest BCUT2D eigenvalue weighted by Gasteiger charge is -2.25. The second kappa shape index (κ2) is 6.40. The van der Waals surface area contributed by atoms with E-state index in [4.69, 9.17) is 5.73 Å². The van der Waals surface area contributed by atoms with Crippen molar-refractivity contribution < 1.29 is 4.79 Å². The van der Waals surface area contributed by atoms with Crippen LogP contribution in [0.5, 0.6) is 0 Å². The first-order valence-corrected chi connectivity index (χ1v) is 6.62. The van der Waals surface area contributed by atoms with E-state index in [0.29, 0.717) is 12.1 Å². The van der Waals surface area contributed by atoms with Crippen LogP contribution in [0.2, 0.25) is 0 Å². The van der Waals surface area contributed by atoms with Gasteiger partial charge in [-0.05, 0) is 50.2 Å². The van der Waals surface area contributed by atoms with Gasteiger partial charge in [-0.1, -0.05) is 6.42 Å². The van der Waals surface area contributed by atoms with E-state index >= 15 is 0 Å². The summed E-state index contributed by atoms with van der Waals surface area (Å²) in [5.41, 5.74) is 7.12. The fourth-order valence-electron chi connectivity index (χ4n) is 2.23. The Hall–Kier alpha value is -1.55. The molecule has 0 radical (unpaired) electrons. The van der Waals surface area contributed by atoms with Gasteiger partial charge >= 0.3 is 0 Å². The highest BCUT2D eigenvalue weighted by atomic mass is 16.1. The number of benzene rings is 1. The molecule has 1 aliphatic heterocycles. The highest BCUT2D eigenvalue weighted by Gasteiger charge is 2.11. The zero-order valence-electron chi connectivity index (χ0n) is 10.7. The molecule has 1 aromatic rings. The molecule has 0 unspecified atom stereocenters. The molecule has 1 heterocycles. The molecule has 3 N–H and O–H groups in total. The Labute approximate surface area is 108 Å². The van der Waals surface area contributed by atoms with Gasteiger partial charge in [0.15, 0.2) is 0 Å². The standard InChI is InChI=1S/C14H21N3O/c15-12-4-6-13(7-5-12)16-14(18)8-11-17-9-2-1-3-10-17/h4-7H,1-3,8-11,15H2,(H,16,18). The van der Waals surface area contributed by atoms with Gasteiger partial charge in [-0.2, -0.15) is 0 Å². The Morgan fingerprint density at radius 2 is 1.83 bits per heavy atom. The maximum absolute atomic E-state index is 11.8. The molecule has 1 amide bonds. The van der Waals surface area contributed by atoms with Crippen LogP contribution < -0.4 is 11.1 Å². The predicted octanol–water partition coefficient (Wildman–Crippen LogP) is 2.08. The number of hydrogen-bond donors (Lipinski definition) is 2. The lowest BCUT2D eigenvalue weighted by atomic mass is 10.1. The third-order valence-electron chi connectivity index (χ3n) is 3.30. The molecule has 0 aliphatic carbocycles. The summed E-state index contributed by atoms with van der Waals surface area (Å²) in [7, 11) is 0. The number of hydrogen-bond acceptors (Lipinski definition) is 3. The summed E-state index contributed by atoms with van der Waals surface area (Å²) in [4.78, 5) is 14.1. The van der Waals surface area contributed by atoms with E-state index in [1.807, 2.05) is 12.1 Å². The first-order chi connectivity index (χ1) is 8.74. The molecule has 98 valence electrons. The maximum Gasteiger partial charge on any atom is 0.225 e. The summed E-state index contributed by atoms with van der Waals surface area (Å²) in [5.74, 6) is 0.0744. The molecule has 1 aliphatic rings. The highest BCUT2D eigenvalue weighted by Crippen LogP contribution is 2.12. The molecule has 0 spiro atoms. The van der Waals surface area contributed by atoms with Gasteiger partial charge in [-0.15, -0.1) is 0 Å². The van der Waals surface area contributed by atoms with Crippen LogP contribution >= 0.6 is 0 Å². The van der Waals surface area contributed by atoms with Crippen LogP contribution in [0, 0.1) is 0 Å². The summed E-state index contributed by atoms with van der Waals surface area (Å²) >= 11 is 0. The molecule has 1 fully saturated rings. The van der Waals surface area contributed by atoms with Crippen LogP contribution in [-0.2, 0) is 4.79 Å². The zero-order valence-corrected chi connectivity index (χ0v) is 10.7. The average Bonchev–Trinajstić information content (AvgIpc) is 2.40. The number of nitrogens with two attached hydrogens (primary N) is 1. The minimum Gasteiger partial charge on any atom is -0.399 e. The van der Waals surface area contributed by atoms with Crippen LogP contribution in [0.4, 0.5) is 11.4 Å². The maximum atomic E-state index is 11.8. The lowest BCUT2D eigenvalue weighted by molar-refractivity contribution is -0.116. The minimum absolute atomic E-state index is 0.0744. The fraction of sp³-hybridized carbons (Fsp3) is 0.500. The number of rotatable bonds is 4. The minimum atomic E-state index is 0.0744. The van der Waals surface area contributed by atoms with Crippen molar-refractivity contribution in [3.8, 4) is 0 Å². The number of nitrogens with zero attached hydrogens (tertiary/aromatic N) is 1. The number of carbonyl (C=O) groups excluding carboxylic acids is 1. The molecule has 0 atom stereocenters. The van der Waals surface area contributed by atoms with E-state index in [2.05, 4.69) is 10.2 Å². The summed E-state index contributed by atoms with van der Waals surface area (Å²) in [5, 5.41) is 2.89. The van der Waals surface area contributed by atoms with E-state index in [1.54, 1.807) is 12.1 Å². The number of nitrogens with one attached hydrogen (secondary N) is 1. The van der Waals surface area contributed by atoms with Gasteiger partial charge in [0.25, 0.3) is 0 Å². The fourth-order valence-corrected chi connectivity index (χ4v) is 2.23. The zero-order chi connectivity index (χ0) is 12.8. The largest absolute Gasteiger partial charge is 0.399 e. The number of amides is 1. The van der Waals surface area contributed by atoms with Crippen LogP contribution in [-0.4, -0.2) is 30.4 Å². The predicted molar refractivity (Wildman–Crippen MR) is 74.4 cm³/mol. The number of likely N-dealkylation sites (tertiary alicyclic amines) is 1. The van der Waals surface area contributed by atoms with Crippen LogP contribution in [0.3, 0.4) is 0 Å². The Bertz CT molecular complexity index is 383. The highest BCUT2D eigenvalue weighted by molar-refractivity contribution is 5.90. The van der Waals surface area contributed by atoms with Gasteiger partial charge in [0.1, 0.15) is 0 Å². The SMILES string of the molecule is Nc1ccc(NC(=O)CCN2CCCCC2)cc1. The summed E-state index contributed by atoms with van der Waals surface area (Å²) < 4.78 is 0. The lowest BCUT2D eigenvalue weighted by Crippen LogP contribution is -2.32. The van der Waals surface area contributed by atoms with Gasteiger partial charge < -0.3 is 16.0 Å².